The molecule has 0 spiro atoms. The third-order valence-electron chi connectivity index (χ3n) is 6.73. The van der Waals surface area contributed by atoms with E-state index < -0.39 is 22.9 Å². The Balaban J connectivity index is 2.07. The molecule has 0 bridgehead atoms. The average Bonchev–Trinajstić information content (AvgIpc) is 3.29. The average molecular weight is 499 g/mol. The molecule has 0 radical (unpaired) electrons. The third kappa shape index (κ3) is 8.63. The number of thioether (sulfide) groups is 1. The molecule has 4 N–H and O–H groups in total. The molecule has 1 aliphatic carbocycles. The number of carbonyl (C=O) groups is 3. The van der Waals surface area contributed by atoms with Gasteiger partial charge in [-0.3, -0.25) is 9.59 Å². The van der Waals surface area contributed by atoms with Crippen molar-refractivity contribution < 1.29 is 19.1 Å². The molecule has 0 aromatic rings. The first kappa shape index (κ1) is 28.8. The van der Waals surface area contributed by atoms with Gasteiger partial charge in [-0.15, -0.1) is 0 Å². The summed E-state index contributed by atoms with van der Waals surface area (Å²) in [6.07, 6.45) is 5.59. The molecule has 0 aromatic carbocycles. The molecular formula is C25H46N4O4S. The van der Waals surface area contributed by atoms with Crippen molar-refractivity contribution in [2.24, 2.45) is 17.6 Å². The summed E-state index contributed by atoms with van der Waals surface area (Å²) in [6.45, 7) is 11.6. The number of nitrogens with two attached hydrogens (primary N) is 1. The maximum absolute atomic E-state index is 13.8. The largest absolute Gasteiger partial charge is 0.450 e. The Hall–Kier alpha value is -1.48. The molecule has 1 aliphatic heterocycles. The molecule has 8 nitrogen and oxygen atoms in total. The van der Waals surface area contributed by atoms with Crippen molar-refractivity contribution in [1.82, 2.24) is 15.5 Å². The zero-order chi connectivity index (χ0) is 25.3. The van der Waals surface area contributed by atoms with E-state index in [1.807, 2.05) is 20.8 Å². The highest BCUT2D eigenvalue weighted by Gasteiger charge is 2.44. The van der Waals surface area contributed by atoms with E-state index in [9.17, 15) is 14.4 Å². The maximum atomic E-state index is 13.8. The van der Waals surface area contributed by atoms with Crippen LogP contribution in [0.2, 0.25) is 0 Å². The fourth-order valence-electron chi connectivity index (χ4n) is 4.58. The number of nitrogens with one attached hydrogen (secondary N) is 2. The molecule has 2 aliphatic rings. The lowest BCUT2D eigenvalue weighted by Gasteiger charge is -2.37. The van der Waals surface area contributed by atoms with Crippen LogP contribution in [-0.2, 0) is 14.3 Å². The zero-order valence-electron chi connectivity index (χ0n) is 21.7. The van der Waals surface area contributed by atoms with Crippen molar-refractivity contribution >= 4 is 29.7 Å². The van der Waals surface area contributed by atoms with E-state index in [1.54, 1.807) is 16.7 Å². The van der Waals surface area contributed by atoms with E-state index in [4.69, 9.17) is 10.5 Å². The monoisotopic (exact) mass is 498 g/mol. The zero-order valence-corrected chi connectivity index (χ0v) is 22.5. The van der Waals surface area contributed by atoms with Crippen LogP contribution in [0.3, 0.4) is 0 Å². The summed E-state index contributed by atoms with van der Waals surface area (Å²) >= 11 is 1.66. The van der Waals surface area contributed by atoms with Gasteiger partial charge in [0.1, 0.15) is 12.1 Å². The number of rotatable bonds is 11. The van der Waals surface area contributed by atoms with Crippen molar-refractivity contribution in [2.75, 3.05) is 25.4 Å². The van der Waals surface area contributed by atoms with Gasteiger partial charge in [-0.1, -0.05) is 20.8 Å². The van der Waals surface area contributed by atoms with Crippen molar-refractivity contribution in [3.63, 3.8) is 0 Å². The first-order valence-corrected chi connectivity index (χ1v) is 13.9. The maximum Gasteiger partial charge on any atom is 0.407 e. The molecule has 2 atom stereocenters. The Labute approximate surface area is 209 Å². The number of likely N-dealkylation sites (tertiary alicyclic amines) is 1. The van der Waals surface area contributed by atoms with E-state index in [1.165, 1.54) is 0 Å². The topological polar surface area (TPSA) is 114 Å². The minimum Gasteiger partial charge on any atom is -0.450 e. The number of alkyl carbamates (subject to hydrolysis) is 1. The van der Waals surface area contributed by atoms with Crippen LogP contribution in [0.4, 0.5) is 4.79 Å². The van der Waals surface area contributed by atoms with Gasteiger partial charge in [-0.25, -0.2) is 4.79 Å². The lowest BCUT2D eigenvalue weighted by Crippen LogP contribution is -2.60. The second kappa shape index (κ2) is 13.6. The summed E-state index contributed by atoms with van der Waals surface area (Å²) in [6, 6.07) is -1.01. The molecule has 0 aromatic heterocycles. The Bertz CT molecular complexity index is 680. The SMILES string of the molecule is CCCOC(=O)N[C@@H](C(=O)N1CCC[C@H]1C(=O)NC[C@H]1CC[C@H](N)CC1)C(C)(C)SCC(C)C. The Morgan fingerprint density at radius 2 is 1.82 bits per heavy atom. The van der Waals surface area contributed by atoms with Gasteiger partial charge in [0.2, 0.25) is 11.8 Å². The third-order valence-corrected chi connectivity index (χ3v) is 8.54. The number of nitrogens with zero attached hydrogens (tertiary/aromatic N) is 1. The lowest BCUT2D eigenvalue weighted by molar-refractivity contribution is -0.140. The van der Waals surface area contributed by atoms with E-state index in [2.05, 4.69) is 24.5 Å². The predicted octanol–water partition coefficient (Wildman–Crippen LogP) is 3.28. The van der Waals surface area contributed by atoms with Gasteiger partial charge >= 0.3 is 6.09 Å². The predicted molar refractivity (Wildman–Crippen MR) is 138 cm³/mol. The highest BCUT2D eigenvalue weighted by atomic mass is 32.2. The van der Waals surface area contributed by atoms with Crippen LogP contribution in [0, 0.1) is 11.8 Å². The van der Waals surface area contributed by atoms with Crippen molar-refractivity contribution in [1.29, 1.82) is 0 Å². The fourth-order valence-corrected chi connectivity index (χ4v) is 5.67. The first-order valence-electron chi connectivity index (χ1n) is 13.0. The van der Waals surface area contributed by atoms with E-state index in [0.29, 0.717) is 44.4 Å². The number of ether oxygens (including phenoxy) is 1. The van der Waals surface area contributed by atoms with Crippen LogP contribution < -0.4 is 16.4 Å². The highest BCUT2D eigenvalue weighted by molar-refractivity contribution is 8.00. The molecule has 1 heterocycles. The van der Waals surface area contributed by atoms with Gasteiger partial charge in [0.15, 0.2) is 0 Å². The van der Waals surface area contributed by atoms with Crippen LogP contribution in [0.1, 0.15) is 79.6 Å². The summed E-state index contributed by atoms with van der Waals surface area (Å²) in [5.41, 5.74) is 5.99. The van der Waals surface area contributed by atoms with Gasteiger partial charge in [0.25, 0.3) is 0 Å². The van der Waals surface area contributed by atoms with Crippen molar-refractivity contribution in [3.8, 4) is 0 Å². The van der Waals surface area contributed by atoms with Crippen LogP contribution in [-0.4, -0.2) is 71.1 Å². The van der Waals surface area contributed by atoms with Gasteiger partial charge in [0, 0.05) is 23.9 Å². The van der Waals surface area contributed by atoms with Gasteiger partial charge < -0.3 is 26.0 Å². The molecule has 2 fully saturated rings. The Morgan fingerprint density at radius 1 is 1.15 bits per heavy atom. The van der Waals surface area contributed by atoms with Crippen LogP contribution in [0.25, 0.3) is 0 Å². The van der Waals surface area contributed by atoms with Crippen LogP contribution in [0.15, 0.2) is 0 Å². The number of carbonyl (C=O) groups excluding carboxylic acids is 3. The van der Waals surface area contributed by atoms with Crippen molar-refractivity contribution in [3.05, 3.63) is 0 Å². The minimum atomic E-state index is -0.783. The minimum absolute atomic E-state index is 0.0966. The molecule has 1 saturated carbocycles. The summed E-state index contributed by atoms with van der Waals surface area (Å²) in [5, 5.41) is 5.91. The van der Waals surface area contributed by atoms with Crippen LogP contribution >= 0.6 is 11.8 Å². The molecule has 2 rings (SSSR count). The quantitative estimate of drug-likeness (QED) is 0.403. The molecule has 196 valence electrons. The molecule has 3 amide bonds. The Kier molecular flexibility index (Phi) is 11.5. The summed E-state index contributed by atoms with van der Waals surface area (Å²) < 4.78 is 4.67. The van der Waals surface area contributed by atoms with Crippen LogP contribution in [0.5, 0.6) is 0 Å². The Morgan fingerprint density at radius 3 is 2.44 bits per heavy atom. The van der Waals surface area contributed by atoms with Crippen molar-refractivity contribution in [2.45, 2.75) is 102 Å². The van der Waals surface area contributed by atoms with Gasteiger partial charge in [0.05, 0.1) is 6.61 Å². The standard InChI is InChI=1S/C25H46N4O4S/c1-6-14-33-24(32)28-21(25(4,5)34-16-17(2)3)23(31)29-13-7-8-20(29)22(30)27-15-18-9-11-19(26)12-10-18/h17-21H,6-16,26H2,1-5H3,(H,27,30)(H,28,32)/t18-,19-,20-,21-/m0/s1. The normalized spacial score (nSPS) is 24.1. The molecule has 9 heteroatoms. The summed E-state index contributed by atoms with van der Waals surface area (Å²) in [5.74, 6) is 1.45. The van der Waals surface area contributed by atoms with Gasteiger partial charge in [-0.05, 0) is 76.4 Å². The summed E-state index contributed by atoms with van der Waals surface area (Å²) in [4.78, 5) is 40.9. The first-order chi connectivity index (χ1) is 16.0. The second-order valence-electron chi connectivity index (χ2n) is 10.7. The van der Waals surface area contributed by atoms with Gasteiger partial charge in [-0.2, -0.15) is 11.8 Å². The molecule has 0 unspecified atom stereocenters. The molecular weight excluding hydrogens is 452 g/mol. The molecule has 34 heavy (non-hydrogen) atoms. The van der Waals surface area contributed by atoms with E-state index >= 15 is 0 Å². The van der Waals surface area contributed by atoms with E-state index in [0.717, 1.165) is 37.9 Å². The lowest BCUT2D eigenvalue weighted by atomic mass is 9.86. The fraction of sp³-hybridized carbons (Fsp3) is 0.880. The summed E-state index contributed by atoms with van der Waals surface area (Å²) in [7, 11) is 0. The highest BCUT2D eigenvalue weighted by Crippen LogP contribution is 2.32. The molecule has 1 saturated heterocycles. The smallest absolute Gasteiger partial charge is 0.407 e. The number of hydrogen-bond acceptors (Lipinski definition) is 6. The second-order valence-corrected chi connectivity index (χ2v) is 12.4. The van der Waals surface area contributed by atoms with E-state index in [-0.39, 0.29) is 17.9 Å². The number of hydrogen-bond donors (Lipinski definition) is 3. The number of amides is 3.